The van der Waals surface area contributed by atoms with Crippen molar-refractivity contribution in [3.05, 3.63) is 35.9 Å². The zero-order valence-corrected chi connectivity index (χ0v) is 14.8. The largest absolute Gasteiger partial charge is 0.381 e. The first-order valence-electron chi connectivity index (χ1n) is 8.21. The van der Waals surface area contributed by atoms with Crippen LogP contribution in [0.5, 0.6) is 0 Å². The van der Waals surface area contributed by atoms with Gasteiger partial charge in [-0.25, -0.2) is 4.98 Å². The Morgan fingerprint density at radius 1 is 1.46 bits per heavy atom. The van der Waals surface area contributed by atoms with Crippen molar-refractivity contribution in [1.29, 1.82) is 0 Å². The molecule has 0 atom stereocenters. The van der Waals surface area contributed by atoms with E-state index in [2.05, 4.69) is 22.3 Å². The van der Waals surface area contributed by atoms with Crippen LogP contribution in [0.1, 0.15) is 42.0 Å². The van der Waals surface area contributed by atoms with Gasteiger partial charge in [0.2, 0.25) is 0 Å². The fraction of sp³-hybridized carbons (Fsp3) is 0.471. The molecule has 0 aliphatic carbocycles. The van der Waals surface area contributed by atoms with Crippen molar-refractivity contribution in [3.8, 4) is 0 Å². The van der Waals surface area contributed by atoms with Crippen LogP contribution in [0.3, 0.4) is 0 Å². The van der Waals surface area contributed by atoms with Crippen LogP contribution in [0.15, 0.2) is 29.4 Å². The van der Waals surface area contributed by atoms with Crippen molar-refractivity contribution in [1.82, 2.24) is 14.8 Å². The number of rotatable bonds is 5. The van der Waals surface area contributed by atoms with E-state index in [-0.39, 0.29) is 5.91 Å². The van der Waals surface area contributed by atoms with Crippen LogP contribution in [0.4, 0.5) is 5.69 Å². The van der Waals surface area contributed by atoms with Crippen LogP contribution < -0.4 is 5.32 Å². The number of aromatic nitrogens is 3. The molecule has 2 aromatic rings. The lowest BCUT2D eigenvalue weighted by Gasteiger charge is -2.22. The number of hydrogen-bond acceptors (Lipinski definition) is 5. The highest BCUT2D eigenvalue weighted by Crippen LogP contribution is 2.25. The second kappa shape index (κ2) is 7.81. The predicted octanol–water partition coefficient (Wildman–Crippen LogP) is 3.30. The van der Waals surface area contributed by atoms with Gasteiger partial charge in [-0.2, -0.15) is 5.10 Å². The SMILES string of the molecule is CCSc1cccnc1C(=O)Nc1cn(C2CCOCC2)nc1C. The highest BCUT2D eigenvalue weighted by Gasteiger charge is 2.20. The Morgan fingerprint density at radius 3 is 3.00 bits per heavy atom. The van der Waals surface area contributed by atoms with E-state index in [4.69, 9.17) is 4.74 Å². The second-order valence-corrected chi connectivity index (χ2v) is 6.99. The average Bonchev–Trinajstić information content (AvgIpc) is 2.97. The summed E-state index contributed by atoms with van der Waals surface area (Å²) in [6, 6.07) is 4.11. The number of nitrogens with one attached hydrogen (secondary N) is 1. The van der Waals surface area contributed by atoms with Crippen molar-refractivity contribution in [2.45, 2.75) is 37.6 Å². The number of thioether (sulfide) groups is 1. The average molecular weight is 346 g/mol. The van der Waals surface area contributed by atoms with Gasteiger partial charge in [0, 0.05) is 30.5 Å². The number of hydrogen-bond donors (Lipinski definition) is 1. The van der Waals surface area contributed by atoms with Crippen molar-refractivity contribution in [2.24, 2.45) is 0 Å². The Kier molecular flexibility index (Phi) is 5.52. The summed E-state index contributed by atoms with van der Waals surface area (Å²) in [6.07, 6.45) is 5.46. The lowest BCUT2D eigenvalue weighted by molar-refractivity contribution is 0.0661. The number of ether oxygens (including phenoxy) is 1. The van der Waals surface area contributed by atoms with Crippen LogP contribution in [-0.2, 0) is 4.74 Å². The molecule has 7 heteroatoms. The summed E-state index contributed by atoms with van der Waals surface area (Å²) >= 11 is 1.61. The monoisotopic (exact) mass is 346 g/mol. The smallest absolute Gasteiger partial charge is 0.275 e. The Bertz CT molecular complexity index is 710. The molecule has 0 unspecified atom stereocenters. The maximum atomic E-state index is 12.6. The molecule has 6 nitrogen and oxygen atoms in total. The first-order valence-corrected chi connectivity index (χ1v) is 9.20. The molecule has 1 aliphatic heterocycles. The molecule has 0 saturated carbocycles. The van der Waals surface area contributed by atoms with Crippen LogP contribution in [0.25, 0.3) is 0 Å². The third-order valence-electron chi connectivity index (χ3n) is 4.02. The topological polar surface area (TPSA) is 69.0 Å². The van der Waals surface area contributed by atoms with Gasteiger partial charge in [0.05, 0.1) is 17.4 Å². The van der Waals surface area contributed by atoms with Gasteiger partial charge in [0.1, 0.15) is 5.69 Å². The summed E-state index contributed by atoms with van der Waals surface area (Å²) in [5, 5.41) is 7.52. The van der Waals surface area contributed by atoms with Crippen LogP contribution in [0, 0.1) is 6.92 Å². The van der Waals surface area contributed by atoms with Crippen LogP contribution >= 0.6 is 11.8 Å². The van der Waals surface area contributed by atoms with E-state index in [1.165, 1.54) is 0 Å². The second-order valence-electron chi connectivity index (χ2n) is 5.69. The van der Waals surface area contributed by atoms with E-state index in [0.29, 0.717) is 11.7 Å². The quantitative estimate of drug-likeness (QED) is 0.841. The molecule has 0 aromatic carbocycles. The molecule has 0 bridgehead atoms. The van der Waals surface area contributed by atoms with E-state index in [1.807, 2.05) is 29.9 Å². The van der Waals surface area contributed by atoms with Gasteiger partial charge in [0.25, 0.3) is 5.91 Å². The van der Waals surface area contributed by atoms with Crippen molar-refractivity contribution >= 4 is 23.4 Å². The number of carbonyl (C=O) groups is 1. The highest BCUT2D eigenvalue weighted by atomic mass is 32.2. The van der Waals surface area contributed by atoms with Gasteiger partial charge >= 0.3 is 0 Å². The maximum absolute atomic E-state index is 12.6. The molecule has 3 rings (SSSR count). The molecular weight excluding hydrogens is 324 g/mol. The predicted molar refractivity (Wildman–Crippen MR) is 94.6 cm³/mol. The fourth-order valence-electron chi connectivity index (χ4n) is 2.76. The fourth-order valence-corrected chi connectivity index (χ4v) is 3.52. The summed E-state index contributed by atoms with van der Waals surface area (Å²) < 4.78 is 7.35. The Morgan fingerprint density at radius 2 is 2.25 bits per heavy atom. The Hall–Kier alpha value is -1.86. The molecule has 0 spiro atoms. The van der Waals surface area contributed by atoms with Crippen molar-refractivity contribution < 1.29 is 9.53 Å². The number of aryl methyl sites for hydroxylation is 1. The van der Waals surface area contributed by atoms with Crippen molar-refractivity contribution in [3.63, 3.8) is 0 Å². The number of pyridine rings is 1. The molecule has 0 radical (unpaired) electrons. The van der Waals surface area contributed by atoms with Gasteiger partial charge in [-0.1, -0.05) is 6.92 Å². The number of anilines is 1. The lowest BCUT2D eigenvalue weighted by Crippen LogP contribution is -2.20. The lowest BCUT2D eigenvalue weighted by atomic mass is 10.1. The van der Waals surface area contributed by atoms with Crippen molar-refractivity contribution in [2.75, 3.05) is 24.3 Å². The third kappa shape index (κ3) is 3.79. The van der Waals surface area contributed by atoms with E-state index < -0.39 is 0 Å². The molecule has 3 heterocycles. The van der Waals surface area contributed by atoms with E-state index >= 15 is 0 Å². The molecule has 1 fully saturated rings. The van der Waals surface area contributed by atoms with Gasteiger partial charge in [-0.15, -0.1) is 11.8 Å². The summed E-state index contributed by atoms with van der Waals surface area (Å²) in [5.41, 5.74) is 2.02. The minimum Gasteiger partial charge on any atom is -0.381 e. The van der Waals surface area contributed by atoms with Gasteiger partial charge in [-0.05, 0) is 37.7 Å². The highest BCUT2D eigenvalue weighted by molar-refractivity contribution is 7.99. The molecule has 1 saturated heterocycles. The molecule has 1 amide bonds. The van der Waals surface area contributed by atoms with Crippen LogP contribution in [-0.4, -0.2) is 39.6 Å². The zero-order chi connectivity index (χ0) is 16.9. The minimum atomic E-state index is -0.193. The first-order chi connectivity index (χ1) is 11.7. The summed E-state index contributed by atoms with van der Waals surface area (Å²) in [7, 11) is 0. The molecule has 24 heavy (non-hydrogen) atoms. The summed E-state index contributed by atoms with van der Waals surface area (Å²) in [6.45, 7) is 5.49. The Labute approximate surface area is 146 Å². The maximum Gasteiger partial charge on any atom is 0.275 e. The summed E-state index contributed by atoms with van der Waals surface area (Å²) in [4.78, 5) is 17.7. The van der Waals surface area contributed by atoms with E-state index in [9.17, 15) is 4.79 Å². The van der Waals surface area contributed by atoms with E-state index in [1.54, 1.807) is 18.0 Å². The standard InChI is InChI=1S/C17H22N4O2S/c1-3-24-15-5-4-8-18-16(15)17(22)19-14-11-21(20-12(14)2)13-6-9-23-10-7-13/h4-5,8,11,13H,3,6-7,9-10H2,1-2H3,(H,19,22). The first kappa shape index (κ1) is 17.0. The zero-order valence-electron chi connectivity index (χ0n) is 14.0. The molecule has 1 N–H and O–H groups in total. The number of nitrogens with zero attached hydrogens (tertiary/aromatic N) is 3. The van der Waals surface area contributed by atoms with Gasteiger partial charge < -0.3 is 10.1 Å². The van der Waals surface area contributed by atoms with Gasteiger partial charge in [0.15, 0.2) is 0 Å². The van der Waals surface area contributed by atoms with Crippen LogP contribution in [0.2, 0.25) is 0 Å². The van der Waals surface area contributed by atoms with Gasteiger partial charge in [-0.3, -0.25) is 9.48 Å². The number of amides is 1. The third-order valence-corrected chi connectivity index (χ3v) is 4.94. The van der Waals surface area contributed by atoms with E-state index in [0.717, 1.165) is 48.1 Å². The molecule has 128 valence electrons. The minimum absolute atomic E-state index is 0.193. The molecule has 2 aromatic heterocycles. The number of carbonyl (C=O) groups excluding carboxylic acids is 1. The normalized spacial score (nSPS) is 15.4. The molecule has 1 aliphatic rings. The Balaban J connectivity index is 1.76. The summed E-state index contributed by atoms with van der Waals surface area (Å²) in [5.74, 6) is 0.702. The molecular formula is C17H22N4O2S.